The third-order valence-corrected chi connectivity index (χ3v) is 3.71. The van der Waals surface area contributed by atoms with Crippen LogP contribution in [0.25, 0.3) is 0 Å². The summed E-state index contributed by atoms with van der Waals surface area (Å²) in [7, 11) is 0. The number of rotatable bonds is 6. The first-order chi connectivity index (χ1) is 10.0. The number of hydrogen-bond donors (Lipinski definition) is 1. The summed E-state index contributed by atoms with van der Waals surface area (Å²) in [5.41, 5.74) is 1.13. The fourth-order valence-corrected chi connectivity index (χ4v) is 2.47. The molecule has 4 heteroatoms. The summed E-state index contributed by atoms with van der Waals surface area (Å²) in [6.07, 6.45) is 5.87. The maximum atomic E-state index is 5.87. The van der Waals surface area contributed by atoms with Gasteiger partial charge in [-0.05, 0) is 52.8 Å². The van der Waals surface area contributed by atoms with Crippen molar-refractivity contribution in [3.63, 3.8) is 0 Å². The summed E-state index contributed by atoms with van der Waals surface area (Å²) in [4.78, 5) is 6.88. The van der Waals surface area contributed by atoms with Crippen LogP contribution < -0.4 is 10.1 Å². The summed E-state index contributed by atoms with van der Waals surface area (Å²) < 4.78 is 5.87. The normalized spacial score (nSPS) is 16.9. The van der Waals surface area contributed by atoms with Crippen LogP contribution in [0.15, 0.2) is 18.3 Å². The van der Waals surface area contributed by atoms with E-state index in [2.05, 4.69) is 36.0 Å². The molecular weight excluding hydrogens is 262 g/mol. The average Bonchev–Trinajstić information content (AvgIpc) is 2.46. The van der Waals surface area contributed by atoms with Gasteiger partial charge in [0.2, 0.25) is 0 Å². The van der Waals surface area contributed by atoms with E-state index < -0.39 is 0 Å². The van der Waals surface area contributed by atoms with Crippen LogP contribution in [-0.4, -0.2) is 41.7 Å². The maximum Gasteiger partial charge on any atom is 0.122 e. The molecule has 0 atom stereocenters. The molecule has 1 aliphatic rings. The van der Waals surface area contributed by atoms with E-state index in [-0.39, 0.29) is 5.54 Å². The molecule has 1 fully saturated rings. The van der Waals surface area contributed by atoms with Crippen LogP contribution in [0.2, 0.25) is 0 Å². The van der Waals surface area contributed by atoms with Gasteiger partial charge in [0.05, 0.1) is 5.69 Å². The summed E-state index contributed by atoms with van der Waals surface area (Å²) >= 11 is 0. The van der Waals surface area contributed by atoms with Crippen LogP contribution in [0.4, 0.5) is 0 Å². The fraction of sp³-hybridized carbons (Fsp3) is 0.706. The van der Waals surface area contributed by atoms with Gasteiger partial charge in [0.1, 0.15) is 12.4 Å². The Bertz CT molecular complexity index is 422. The first-order valence-electron chi connectivity index (χ1n) is 8.08. The first-order valence-corrected chi connectivity index (χ1v) is 8.08. The van der Waals surface area contributed by atoms with Crippen LogP contribution in [0.1, 0.15) is 45.7 Å². The Morgan fingerprint density at radius 1 is 1.24 bits per heavy atom. The van der Waals surface area contributed by atoms with Crippen molar-refractivity contribution in [2.45, 2.75) is 52.1 Å². The molecule has 4 nitrogen and oxygen atoms in total. The highest BCUT2D eigenvalue weighted by Crippen LogP contribution is 2.13. The molecule has 0 bridgehead atoms. The lowest BCUT2D eigenvalue weighted by molar-refractivity contribution is 0.183. The zero-order valence-electron chi connectivity index (χ0n) is 13.7. The lowest BCUT2D eigenvalue weighted by atomic mass is 10.1. The number of piperidine rings is 1. The number of aromatic nitrogens is 1. The minimum absolute atomic E-state index is 0.104. The van der Waals surface area contributed by atoms with Gasteiger partial charge in [0, 0.05) is 30.9 Å². The number of ether oxygens (including phenoxy) is 1. The number of hydrogen-bond acceptors (Lipinski definition) is 4. The standard InChI is InChI=1S/C17H29N3O/c1-17(2,3)19-14-15-13-16(7-8-18-15)21-12-11-20-9-5-4-6-10-20/h7-8,13,19H,4-6,9-12,14H2,1-3H3. The highest BCUT2D eigenvalue weighted by Gasteiger charge is 2.11. The predicted octanol–water partition coefficient (Wildman–Crippen LogP) is 2.83. The lowest BCUT2D eigenvalue weighted by Gasteiger charge is -2.26. The van der Waals surface area contributed by atoms with E-state index in [9.17, 15) is 0 Å². The molecule has 1 N–H and O–H groups in total. The molecular formula is C17H29N3O. The topological polar surface area (TPSA) is 37.4 Å². The van der Waals surface area contributed by atoms with E-state index in [0.717, 1.165) is 31.1 Å². The molecule has 118 valence electrons. The van der Waals surface area contributed by atoms with Crippen molar-refractivity contribution in [2.24, 2.45) is 0 Å². The summed E-state index contributed by atoms with van der Waals surface area (Å²) in [5.74, 6) is 0.924. The SMILES string of the molecule is CC(C)(C)NCc1cc(OCCN2CCCCC2)ccn1. The largest absolute Gasteiger partial charge is 0.492 e. The number of likely N-dealkylation sites (tertiary alicyclic amines) is 1. The van der Waals surface area contributed by atoms with Crippen LogP contribution in [0.5, 0.6) is 5.75 Å². The van der Waals surface area contributed by atoms with E-state index >= 15 is 0 Å². The van der Waals surface area contributed by atoms with Gasteiger partial charge in [-0.25, -0.2) is 0 Å². The zero-order valence-corrected chi connectivity index (χ0v) is 13.7. The quantitative estimate of drug-likeness (QED) is 0.874. The third kappa shape index (κ3) is 6.44. The van der Waals surface area contributed by atoms with Crippen LogP contribution >= 0.6 is 0 Å². The Balaban J connectivity index is 1.75. The molecule has 0 aromatic carbocycles. The van der Waals surface area contributed by atoms with Gasteiger partial charge in [-0.15, -0.1) is 0 Å². The minimum Gasteiger partial charge on any atom is -0.492 e. The molecule has 0 saturated carbocycles. The van der Waals surface area contributed by atoms with Gasteiger partial charge < -0.3 is 10.1 Å². The first kappa shape index (κ1) is 16.2. The molecule has 1 saturated heterocycles. The van der Waals surface area contributed by atoms with Crippen molar-refractivity contribution in [3.05, 3.63) is 24.0 Å². The van der Waals surface area contributed by atoms with Crippen molar-refractivity contribution in [2.75, 3.05) is 26.2 Å². The third-order valence-electron chi connectivity index (χ3n) is 3.71. The zero-order chi connectivity index (χ0) is 15.1. The molecule has 0 amide bonds. The molecule has 1 aromatic heterocycles. The molecule has 2 heterocycles. The van der Waals surface area contributed by atoms with Gasteiger partial charge in [-0.2, -0.15) is 0 Å². The minimum atomic E-state index is 0.104. The van der Waals surface area contributed by atoms with Crippen LogP contribution in [-0.2, 0) is 6.54 Å². The van der Waals surface area contributed by atoms with Crippen molar-refractivity contribution in [1.29, 1.82) is 0 Å². The molecule has 21 heavy (non-hydrogen) atoms. The second kappa shape index (κ2) is 7.76. The van der Waals surface area contributed by atoms with Crippen LogP contribution in [0, 0.1) is 0 Å². The van der Waals surface area contributed by atoms with Crippen molar-refractivity contribution in [3.8, 4) is 5.75 Å². The monoisotopic (exact) mass is 291 g/mol. The number of pyridine rings is 1. The highest BCUT2D eigenvalue weighted by molar-refractivity contribution is 5.22. The molecule has 0 spiro atoms. The molecule has 1 aliphatic heterocycles. The van der Waals surface area contributed by atoms with Gasteiger partial charge in [0.15, 0.2) is 0 Å². The molecule has 0 aliphatic carbocycles. The van der Waals surface area contributed by atoms with Gasteiger partial charge in [0.25, 0.3) is 0 Å². The van der Waals surface area contributed by atoms with E-state index in [1.807, 2.05) is 18.3 Å². The Morgan fingerprint density at radius 2 is 2.00 bits per heavy atom. The van der Waals surface area contributed by atoms with Crippen molar-refractivity contribution >= 4 is 0 Å². The second-order valence-corrected chi connectivity index (χ2v) is 6.84. The van der Waals surface area contributed by atoms with Gasteiger partial charge in [-0.3, -0.25) is 9.88 Å². The van der Waals surface area contributed by atoms with E-state index in [1.165, 1.54) is 32.4 Å². The summed E-state index contributed by atoms with van der Waals surface area (Å²) in [5, 5.41) is 3.45. The molecule has 1 aromatic rings. The van der Waals surface area contributed by atoms with E-state index in [1.54, 1.807) is 0 Å². The van der Waals surface area contributed by atoms with E-state index in [0.29, 0.717) is 0 Å². The Morgan fingerprint density at radius 3 is 2.71 bits per heavy atom. The van der Waals surface area contributed by atoms with Crippen molar-refractivity contribution in [1.82, 2.24) is 15.2 Å². The second-order valence-electron chi connectivity index (χ2n) is 6.84. The summed E-state index contributed by atoms with van der Waals surface area (Å²) in [6, 6.07) is 3.98. The fourth-order valence-electron chi connectivity index (χ4n) is 2.47. The Hall–Kier alpha value is -1.13. The van der Waals surface area contributed by atoms with Crippen LogP contribution in [0.3, 0.4) is 0 Å². The van der Waals surface area contributed by atoms with Gasteiger partial charge >= 0.3 is 0 Å². The maximum absolute atomic E-state index is 5.87. The van der Waals surface area contributed by atoms with Crippen molar-refractivity contribution < 1.29 is 4.74 Å². The molecule has 2 rings (SSSR count). The highest BCUT2D eigenvalue weighted by atomic mass is 16.5. The van der Waals surface area contributed by atoms with Gasteiger partial charge in [-0.1, -0.05) is 6.42 Å². The Kier molecular flexibility index (Phi) is 6.00. The average molecular weight is 291 g/mol. The Labute approximate surface area is 128 Å². The summed E-state index contributed by atoms with van der Waals surface area (Å²) in [6.45, 7) is 11.5. The number of nitrogens with zero attached hydrogens (tertiary/aromatic N) is 2. The van der Waals surface area contributed by atoms with E-state index in [4.69, 9.17) is 4.74 Å². The number of nitrogens with one attached hydrogen (secondary N) is 1. The lowest BCUT2D eigenvalue weighted by Crippen LogP contribution is -2.35. The smallest absolute Gasteiger partial charge is 0.122 e. The molecule has 0 unspecified atom stereocenters. The molecule has 0 radical (unpaired) electrons. The predicted molar refractivity (Wildman–Crippen MR) is 86.6 cm³/mol.